The molecule has 0 amide bonds. The lowest BCUT2D eigenvalue weighted by Crippen LogP contribution is -2.03. The molecule has 2 rings (SSSR count). The zero-order chi connectivity index (χ0) is 14.5. The Morgan fingerprint density at radius 1 is 1.20 bits per heavy atom. The third-order valence-corrected chi connectivity index (χ3v) is 2.96. The smallest absolute Gasteiger partial charge is 0.196 e. The van der Waals surface area contributed by atoms with Gasteiger partial charge in [-0.05, 0) is 24.6 Å². The number of phenols is 1. The Morgan fingerprint density at radius 2 is 1.90 bits per heavy atom. The minimum absolute atomic E-state index is 0.130. The van der Waals surface area contributed by atoms with Crippen LogP contribution in [0.15, 0.2) is 48.5 Å². The molecule has 0 spiro atoms. The van der Waals surface area contributed by atoms with Crippen molar-refractivity contribution >= 4 is 11.9 Å². The van der Waals surface area contributed by atoms with E-state index < -0.39 is 0 Å². The zero-order valence-corrected chi connectivity index (χ0v) is 11.5. The summed E-state index contributed by atoms with van der Waals surface area (Å²) < 4.78 is 5.12. The van der Waals surface area contributed by atoms with Gasteiger partial charge in [-0.3, -0.25) is 4.79 Å². The zero-order valence-electron chi connectivity index (χ0n) is 11.5. The van der Waals surface area contributed by atoms with Gasteiger partial charge in [0.05, 0.1) is 12.7 Å². The summed E-state index contributed by atoms with van der Waals surface area (Å²) >= 11 is 0. The van der Waals surface area contributed by atoms with Gasteiger partial charge in [-0.15, -0.1) is 0 Å². The van der Waals surface area contributed by atoms with E-state index in [-0.39, 0.29) is 17.1 Å². The van der Waals surface area contributed by atoms with Crippen molar-refractivity contribution in [2.24, 2.45) is 0 Å². The number of ether oxygens (including phenoxy) is 1. The van der Waals surface area contributed by atoms with Gasteiger partial charge < -0.3 is 9.84 Å². The van der Waals surface area contributed by atoms with Crippen LogP contribution in [0.4, 0.5) is 0 Å². The van der Waals surface area contributed by atoms with Crippen LogP contribution in [0.5, 0.6) is 11.5 Å². The number of hydrogen-bond donors (Lipinski definition) is 1. The van der Waals surface area contributed by atoms with Gasteiger partial charge in [0, 0.05) is 5.56 Å². The first-order valence-corrected chi connectivity index (χ1v) is 6.30. The van der Waals surface area contributed by atoms with Crippen molar-refractivity contribution in [1.29, 1.82) is 0 Å². The summed E-state index contributed by atoms with van der Waals surface area (Å²) in [5, 5.41) is 10.1. The Labute approximate surface area is 118 Å². The van der Waals surface area contributed by atoms with Gasteiger partial charge in [0.1, 0.15) is 0 Å². The fraction of sp³-hybridized carbons (Fsp3) is 0.118. The lowest BCUT2D eigenvalue weighted by molar-refractivity contribution is 0.103. The molecular weight excluding hydrogens is 252 g/mol. The molecule has 0 saturated carbocycles. The molecule has 0 atom stereocenters. The van der Waals surface area contributed by atoms with E-state index in [9.17, 15) is 9.90 Å². The van der Waals surface area contributed by atoms with Crippen molar-refractivity contribution in [2.75, 3.05) is 7.11 Å². The number of rotatable bonds is 4. The number of allylic oxidation sites excluding steroid dienone is 1. The fourth-order valence-corrected chi connectivity index (χ4v) is 1.99. The van der Waals surface area contributed by atoms with Gasteiger partial charge in [-0.2, -0.15) is 0 Å². The first-order chi connectivity index (χ1) is 9.67. The summed E-state index contributed by atoms with van der Waals surface area (Å²) in [6.45, 7) is 1.89. The maximum atomic E-state index is 12.5. The van der Waals surface area contributed by atoms with Gasteiger partial charge in [0.25, 0.3) is 0 Å². The minimum atomic E-state index is -0.229. The standard InChI is InChI=1S/C17H16O3/c1-3-7-12-10-14(17(19)15(11-12)20-2)16(18)13-8-5-4-6-9-13/h3-11,19H,1-2H3. The van der Waals surface area contributed by atoms with E-state index in [0.29, 0.717) is 11.3 Å². The third-order valence-electron chi connectivity index (χ3n) is 2.96. The molecule has 2 aromatic rings. The average molecular weight is 268 g/mol. The lowest BCUT2D eigenvalue weighted by atomic mass is 9.99. The number of hydrogen-bond acceptors (Lipinski definition) is 3. The number of carbonyl (C=O) groups excluding carboxylic acids is 1. The highest BCUT2D eigenvalue weighted by Crippen LogP contribution is 2.33. The first-order valence-electron chi connectivity index (χ1n) is 6.30. The van der Waals surface area contributed by atoms with Crippen LogP contribution in [-0.4, -0.2) is 18.0 Å². The van der Waals surface area contributed by atoms with E-state index >= 15 is 0 Å². The molecule has 0 unspecified atom stereocenters. The van der Waals surface area contributed by atoms with Crippen LogP contribution in [0, 0.1) is 0 Å². The fourth-order valence-electron chi connectivity index (χ4n) is 1.99. The summed E-state index contributed by atoms with van der Waals surface area (Å²) in [6, 6.07) is 12.2. The maximum Gasteiger partial charge on any atom is 0.196 e. The molecule has 0 bridgehead atoms. The molecule has 2 aromatic carbocycles. The van der Waals surface area contributed by atoms with Crippen LogP contribution in [0.2, 0.25) is 0 Å². The molecule has 0 aliphatic heterocycles. The molecule has 20 heavy (non-hydrogen) atoms. The molecule has 0 aliphatic rings. The van der Waals surface area contributed by atoms with E-state index in [0.717, 1.165) is 5.56 Å². The molecule has 0 fully saturated rings. The monoisotopic (exact) mass is 268 g/mol. The SMILES string of the molecule is CC=Cc1cc(OC)c(O)c(C(=O)c2ccccc2)c1. The summed E-state index contributed by atoms with van der Waals surface area (Å²) in [7, 11) is 1.46. The van der Waals surface area contributed by atoms with Crippen molar-refractivity contribution in [3.05, 3.63) is 65.2 Å². The predicted molar refractivity (Wildman–Crippen MR) is 79.2 cm³/mol. The number of ketones is 1. The molecule has 0 saturated heterocycles. The Hall–Kier alpha value is -2.55. The second-order valence-corrected chi connectivity index (χ2v) is 4.31. The van der Waals surface area contributed by atoms with Crippen molar-refractivity contribution in [1.82, 2.24) is 0 Å². The molecule has 3 nitrogen and oxygen atoms in total. The first kappa shape index (κ1) is 13.9. The topological polar surface area (TPSA) is 46.5 Å². The van der Waals surface area contributed by atoms with Crippen molar-refractivity contribution < 1.29 is 14.6 Å². The molecule has 0 radical (unpaired) electrons. The second-order valence-electron chi connectivity index (χ2n) is 4.31. The van der Waals surface area contributed by atoms with Crippen LogP contribution in [0.3, 0.4) is 0 Å². The highest BCUT2D eigenvalue weighted by molar-refractivity contribution is 6.11. The number of aromatic hydroxyl groups is 1. The van der Waals surface area contributed by atoms with E-state index in [1.165, 1.54) is 7.11 Å². The summed E-state index contributed by atoms with van der Waals surface area (Å²) in [6.07, 6.45) is 3.71. The lowest BCUT2D eigenvalue weighted by Gasteiger charge is -2.10. The van der Waals surface area contributed by atoms with E-state index in [1.54, 1.807) is 36.4 Å². The third kappa shape index (κ3) is 2.72. The van der Waals surface area contributed by atoms with Crippen molar-refractivity contribution in [2.45, 2.75) is 6.92 Å². The normalized spacial score (nSPS) is 10.7. The van der Waals surface area contributed by atoms with Crippen LogP contribution in [0.25, 0.3) is 6.08 Å². The average Bonchev–Trinajstić information content (AvgIpc) is 2.49. The number of carbonyl (C=O) groups is 1. The van der Waals surface area contributed by atoms with Crippen LogP contribution in [-0.2, 0) is 0 Å². The molecule has 0 aliphatic carbocycles. The Kier molecular flexibility index (Phi) is 4.20. The van der Waals surface area contributed by atoms with Crippen LogP contribution < -0.4 is 4.74 Å². The Balaban J connectivity index is 2.55. The van der Waals surface area contributed by atoms with Gasteiger partial charge in [0.2, 0.25) is 0 Å². The van der Waals surface area contributed by atoms with Crippen LogP contribution in [0.1, 0.15) is 28.4 Å². The van der Waals surface area contributed by atoms with Gasteiger partial charge in [-0.25, -0.2) is 0 Å². The summed E-state index contributed by atoms with van der Waals surface area (Å²) in [5.74, 6) is -0.0674. The van der Waals surface area contributed by atoms with Gasteiger partial charge in [-0.1, -0.05) is 42.5 Å². The molecule has 102 valence electrons. The highest BCUT2D eigenvalue weighted by Gasteiger charge is 2.17. The molecular formula is C17H16O3. The van der Waals surface area contributed by atoms with E-state index in [4.69, 9.17) is 4.74 Å². The second kappa shape index (κ2) is 6.06. The Bertz CT molecular complexity index is 643. The van der Waals surface area contributed by atoms with E-state index in [2.05, 4.69) is 0 Å². The van der Waals surface area contributed by atoms with Crippen molar-refractivity contribution in [3.63, 3.8) is 0 Å². The predicted octanol–water partition coefficient (Wildman–Crippen LogP) is 3.66. The quantitative estimate of drug-likeness (QED) is 0.861. The van der Waals surface area contributed by atoms with E-state index in [1.807, 2.05) is 25.1 Å². The Morgan fingerprint density at radius 3 is 2.50 bits per heavy atom. The summed E-state index contributed by atoms with van der Waals surface area (Å²) in [5.41, 5.74) is 1.58. The number of methoxy groups -OCH3 is 1. The largest absolute Gasteiger partial charge is 0.504 e. The van der Waals surface area contributed by atoms with Gasteiger partial charge >= 0.3 is 0 Å². The summed E-state index contributed by atoms with van der Waals surface area (Å²) in [4.78, 5) is 12.5. The molecule has 1 N–H and O–H groups in total. The number of benzene rings is 2. The molecule has 0 heterocycles. The van der Waals surface area contributed by atoms with Gasteiger partial charge in [0.15, 0.2) is 17.3 Å². The van der Waals surface area contributed by atoms with Crippen molar-refractivity contribution in [3.8, 4) is 11.5 Å². The molecule has 0 aromatic heterocycles. The molecule has 3 heteroatoms. The highest BCUT2D eigenvalue weighted by atomic mass is 16.5. The maximum absolute atomic E-state index is 12.5. The number of phenolic OH excluding ortho intramolecular Hbond substituents is 1. The minimum Gasteiger partial charge on any atom is -0.504 e. The van der Waals surface area contributed by atoms with Crippen LogP contribution >= 0.6 is 0 Å².